The van der Waals surface area contributed by atoms with E-state index in [4.69, 9.17) is 4.74 Å². The molecule has 0 radical (unpaired) electrons. The smallest absolute Gasteiger partial charge is 0.278 e. The summed E-state index contributed by atoms with van der Waals surface area (Å²) in [7, 11) is 0. The molecule has 0 aliphatic carbocycles. The average Bonchev–Trinajstić information content (AvgIpc) is 3.01. The van der Waals surface area contributed by atoms with Gasteiger partial charge in [-0.25, -0.2) is 9.61 Å². The number of nitrogens with zero attached hydrogens (tertiary/aromatic N) is 3. The molecule has 1 N–H and O–H groups in total. The molecule has 2 aromatic heterocycles. The molecule has 1 amide bonds. The summed E-state index contributed by atoms with van der Waals surface area (Å²) in [6.07, 6.45) is 1.17. The van der Waals surface area contributed by atoms with Crippen LogP contribution in [0, 0.1) is 13.8 Å². The second-order valence-electron chi connectivity index (χ2n) is 4.21. The molecular formula is C12H16N4O3S. The van der Waals surface area contributed by atoms with Crippen molar-refractivity contribution in [3.05, 3.63) is 21.8 Å². The molecule has 20 heavy (non-hydrogen) atoms. The Hall–Kier alpha value is -1.96. The Morgan fingerprint density at radius 2 is 2.25 bits per heavy atom. The molecule has 8 heteroatoms. The number of carbonyl (C=O) groups excluding carboxylic acids is 1. The highest BCUT2D eigenvalue weighted by atomic mass is 32.1. The van der Waals surface area contributed by atoms with Crippen molar-refractivity contribution in [3.8, 4) is 5.88 Å². The van der Waals surface area contributed by atoms with Gasteiger partial charge in [-0.2, -0.15) is 0 Å². The van der Waals surface area contributed by atoms with Crippen molar-refractivity contribution < 1.29 is 14.2 Å². The molecule has 0 atom stereocenters. The van der Waals surface area contributed by atoms with Gasteiger partial charge in [0.1, 0.15) is 12.3 Å². The van der Waals surface area contributed by atoms with Gasteiger partial charge < -0.3 is 10.1 Å². The van der Waals surface area contributed by atoms with Gasteiger partial charge in [-0.3, -0.25) is 4.79 Å². The minimum Gasteiger partial charge on any atom is -0.472 e. The standard InChI is InChI=1S/C12H16N4O3S/c1-8-10(20-7-14-8)3-4-11(17)13-5-6-18-12-9(2)15-19-16-12/h7H,3-6H2,1-2H3,(H,13,17). The van der Waals surface area contributed by atoms with Crippen LogP contribution in [-0.4, -0.2) is 34.4 Å². The van der Waals surface area contributed by atoms with E-state index in [-0.39, 0.29) is 5.91 Å². The number of rotatable bonds is 7. The van der Waals surface area contributed by atoms with E-state index in [9.17, 15) is 4.79 Å². The Labute approximate surface area is 120 Å². The van der Waals surface area contributed by atoms with Gasteiger partial charge >= 0.3 is 0 Å². The molecule has 0 aromatic carbocycles. The van der Waals surface area contributed by atoms with Gasteiger partial charge in [-0.05, 0) is 25.4 Å². The Morgan fingerprint density at radius 3 is 2.90 bits per heavy atom. The van der Waals surface area contributed by atoms with Crippen molar-refractivity contribution in [1.82, 2.24) is 20.6 Å². The molecule has 0 spiro atoms. The number of thiazole rings is 1. The monoisotopic (exact) mass is 296 g/mol. The quantitative estimate of drug-likeness (QED) is 0.774. The highest BCUT2D eigenvalue weighted by molar-refractivity contribution is 7.09. The van der Waals surface area contributed by atoms with Gasteiger partial charge in [-0.1, -0.05) is 5.16 Å². The molecule has 0 aliphatic rings. The van der Waals surface area contributed by atoms with E-state index in [1.165, 1.54) is 0 Å². The van der Waals surface area contributed by atoms with Crippen LogP contribution in [0.25, 0.3) is 0 Å². The first kappa shape index (κ1) is 14.4. The zero-order valence-corrected chi connectivity index (χ0v) is 12.2. The number of ether oxygens (including phenoxy) is 1. The number of aromatic nitrogens is 3. The summed E-state index contributed by atoms with van der Waals surface area (Å²) in [4.78, 5) is 17.0. The van der Waals surface area contributed by atoms with Crippen molar-refractivity contribution in [2.45, 2.75) is 26.7 Å². The molecule has 0 aliphatic heterocycles. The lowest BCUT2D eigenvalue weighted by Gasteiger charge is -2.05. The zero-order valence-electron chi connectivity index (χ0n) is 11.4. The second-order valence-corrected chi connectivity index (χ2v) is 5.15. The number of aryl methyl sites for hydroxylation is 3. The predicted octanol–water partition coefficient (Wildman–Crippen LogP) is 1.27. The Balaban J connectivity index is 1.61. The van der Waals surface area contributed by atoms with Gasteiger partial charge in [0.25, 0.3) is 5.88 Å². The van der Waals surface area contributed by atoms with Crippen LogP contribution in [0.2, 0.25) is 0 Å². The SMILES string of the molecule is Cc1nonc1OCCNC(=O)CCc1scnc1C. The van der Waals surface area contributed by atoms with Crippen molar-refractivity contribution in [2.75, 3.05) is 13.2 Å². The molecule has 7 nitrogen and oxygen atoms in total. The summed E-state index contributed by atoms with van der Waals surface area (Å²) >= 11 is 1.58. The maximum Gasteiger partial charge on any atom is 0.278 e. The lowest BCUT2D eigenvalue weighted by molar-refractivity contribution is -0.121. The van der Waals surface area contributed by atoms with E-state index in [0.717, 1.165) is 17.0 Å². The number of hydrogen-bond acceptors (Lipinski definition) is 7. The Bertz CT molecular complexity index is 567. The van der Waals surface area contributed by atoms with Crippen molar-refractivity contribution >= 4 is 17.2 Å². The van der Waals surface area contributed by atoms with E-state index in [1.54, 1.807) is 23.8 Å². The second kappa shape index (κ2) is 6.99. The summed E-state index contributed by atoms with van der Waals surface area (Å²) in [6.45, 7) is 4.45. The fourth-order valence-corrected chi connectivity index (χ4v) is 2.36. The molecule has 2 aromatic rings. The maximum absolute atomic E-state index is 11.6. The van der Waals surface area contributed by atoms with E-state index in [1.807, 2.05) is 6.92 Å². The van der Waals surface area contributed by atoms with Crippen LogP contribution in [0.1, 0.15) is 22.7 Å². The first-order valence-corrected chi connectivity index (χ1v) is 7.12. The van der Waals surface area contributed by atoms with Crippen molar-refractivity contribution in [1.29, 1.82) is 0 Å². The van der Waals surface area contributed by atoms with E-state index < -0.39 is 0 Å². The van der Waals surface area contributed by atoms with Crippen LogP contribution in [0.5, 0.6) is 5.88 Å². The van der Waals surface area contributed by atoms with Crippen LogP contribution in [0.4, 0.5) is 0 Å². The third-order valence-electron chi connectivity index (χ3n) is 2.70. The highest BCUT2D eigenvalue weighted by Gasteiger charge is 2.07. The minimum absolute atomic E-state index is 0.00333. The van der Waals surface area contributed by atoms with Gasteiger partial charge in [0.2, 0.25) is 5.91 Å². The maximum atomic E-state index is 11.6. The third-order valence-corrected chi connectivity index (χ3v) is 3.69. The normalized spacial score (nSPS) is 10.5. The fraction of sp³-hybridized carbons (Fsp3) is 0.500. The Kier molecular flexibility index (Phi) is 5.05. The van der Waals surface area contributed by atoms with Crippen LogP contribution < -0.4 is 10.1 Å². The first-order chi connectivity index (χ1) is 9.66. The number of nitrogens with one attached hydrogen (secondary N) is 1. The summed E-state index contributed by atoms with van der Waals surface area (Å²) in [5, 5.41) is 9.97. The summed E-state index contributed by atoms with van der Waals surface area (Å²) in [5.41, 5.74) is 3.39. The predicted molar refractivity (Wildman–Crippen MR) is 72.7 cm³/mol. The van der Waals surface area contributed by atoms with Crippen LogP contribution in [-0.2, 0) is 11.2 Å². The summed E-state index contributed by atoms with van der Waals surface area (Å²) < 4.78 is 9.80. The number of amides is 1. The molecule has 0 saturated heterocycles. The van der Waals surface area contributed by atoms with Gasteiger partial charge in [0.15, 0.2) is 0 Å². The number of hydrogen-bond donors (Lipinski definition) is 1. The van der Waals surface area contributed by atoms with E-state index in [0.29, 0.717) is 31.1 Å². The van der Waals surface area contributed by atoms with E-state index in [2.05, 4.69) is 25.2 Å². The largest absolute Gasteiger partial charge is 0.472 e. The molecular weight excluding hydrogens is 280 g/mol. The van der Waals surface area contributed by atoms with Crippen LogP contribution >= 0.6 is 11.3 Å². The number of carbonyl (C=O) groups is 1. The molecule has 2 rings (SSSR count). The molecule has 0 unspecified atom stereocenters. The average molecular weight is 296 g/mol. The van der Waals surface area contributed by atoms with Crippen molar-refractivity contribution in [3.63, 3.8) is 0 Å². The van der Waals surface area contributed by atoms with Crippen LogP contribution in [0.15, 0.2) is 10.1 Å². The first-order valence-electron chi connectivity index (χ1n) is 6.24. The molecule has 0 fully saturated rings. The topological polar surface area (TPSA) is 90.1 Å². The van der Waals surface area contributed by atoms with E-state index >= 15 is 0 Å². The highest BCUT2D eigenvalue weighted by Crippen LogP contribution is 2.14. The minimum atomic E-state index is -0.00333. The van der Waals surface area contributed by atoms with Crippen LogP contribution in [0.3, 0.4) is 0 Å². The van der Waals surface area contributed by atoms with Crippen molar-refractivity contribution in [2.24, 2.45) is 0 Å². The van der Waals surface area contributed by atoms with Gasteiger partial charge in [0.05, 0.1) is 17.7 Å². The lowest BCUT2D eigenvalue weighted by Crippen LogP contribution is -2.28. The van der Waals surface area contributed by atoms with Gasteiger partial charge in [0, 0.05) is 11.3 Å². The molecule has 0 saturated carbocycles. The summed E-state index contributed by atoms with van der Waals surface area (Å²) in [6, 6.07) is 0. The third kappa shape index (κ3) is 4.02. The molecule has 2 heterocycles. The molecule has 108 valence electrons. The Morgan fingerprint density at radius 1 is 1.40 bits per heavy atom. The lowest BCUT2D eigenvalue weighted by atomic mass is 10.2. The fourth-order valence-electron chi connectivity index (χ4n) is 1.57. The zero-order chi connectivity index (χ0) is 14.4. The molecule has 0 bridgehead atoms. The van der Waals surface area contributed by atoms with Gasteiger partial charge in [-0.15, -0.1) is 11.3 Å². The summed E-state index contributed by atoms with van der Waals surface area (Å²) in [5.74, 6) is 0.357.